The summed E-state index contributed by atoms with van der Waals surface area (Å²) in [4.78, 5) is 18.0. The Morgan fingerprint density at radius 2 is 2.14 bits per heavy atom. The Balaban J connectivity index is 2.45. The molecule has 0 fully saturated rings. The molecule has 0 aliphatic rings. The van der Waals surface area contributed by atoms with Crippen LogP contribution in [0, 0.1) is 0 Å². The molecule has 0 amide bonds. The molecular formula is C12H9F3N2O3S. The number of rotatable bonds is 4. The van der Waals surface area contributed by atoms with Crippen LogP contribution in [-0.2, 0) is 11.0 Å². The Morgan fingerprint density at radius 3 is 2.67 bits per heavy atom. The fourth-order valence-corrected chi connectivity index (χ4v) is 2.10. The van der Waals surface area contributed by atoms with E-state index in [-0.39, 0.29) is 16.6 Å². The molecule has 0 unspecified atom stereocenters. The summed E-state index contributed by atoms with van der Waals surface area (Å²) in [7, 11) is 0. The lowest BCUT2D eigenvalue weighted by atomic mass is 10.2. The number of hydrogen-bond donors (Lipinski definition) is 1. The maximum atomic E-state index is 12.8. The van der Waals surface area contributed by atoms with Gasteiger partial charge in [-0.25, -0.2) is 9.97 Å². The number of hydrogen-bond acceptors (Lipinski definition) is 5. The van der Waals surface area contributed by atoms with E-state index in [0.717, 1.165) is 6.07 Å². The van der Waals surface area contributed by atoms with Crippen molar-refractivity contribution in [2.24, 2.45) is 0 Å². The van der Waals surface area contributed by atoms with Crippen LogP contribution in [0.2, 0.25) is 0 Å². The minimum atomic E-state index is -4.66. The zero-order chi connectivity index (χ0) is 15.6. The third kappa shape index (κ3) is 3.75. The number of aromatic nitrogens is 2. The van der Waals surface area contributed by atoms with Crippen LogP contribution in [0.3, 0.4) is 0 Å². The molecule has 0 spiro atoms. The van der Waals surface area contributed by atoms with Crippen LogP contribution in [0.1, 0.15) is 12.6 Å². The second-order valence-electron chi connectivity index (χ2n) is 3.99. The lowest BCUT2D eigenvalue weighted by Gasteiger charge is -2.10. The van der Waals surface area contributed by atoms with Crippen LogP contribution in [0.25, 0.3) is 11.5 Å². The van der Waals surface area contributed by atoms with Crippen molar-refractivity contribution in [1.82, 2.24) is 9.97 Å². The second kappa shape index (κ2) is 5.76. The van der Waals surface area contributed by atoms with Crippen LogP contribution >= 0.6 is 11.8 Å². The summed E-state index contributed by atoms with van der Waals surface area (Å²) in [5.74, 6) is -1.02. The summed E-state index contributed by atoms with van der Waals surface area (Å²) < 4.78 is 43.5. The average molecular weight is 318 g/mol. The van der Waals surface area contributed by atoms with Crippen molar-refractivity contribution >= 4 is 17.7 Å². The Kier molecular flexibility index (Phi) is 4.21. The van der Waals surface area contributed by atoms with Gasteiger partial charge in [-0.15, -0.1) is 0 Å². The summed E-state index contributed by atoms with van der Waals surface area (Å²) in [6, 6.07) is 3.73. The number of carboxylic acids is 1. The highest BCUT2D eigenvalue weighted by Crippen LogP contribution is 2.32. The number of aliphatic carboxylic acids is 1. The molecule has 2 aromatic rings. The lowest BCUT2D eigenvalue weighted by Crippen LogP contribution is -2.14. The van der Waals surface area contributed by atoms with Gasteiger partial charge in [-0.1, -0.05) is 11.8 Å². The van der Waals surface area contributed by atoms with Crippen molar-refractivity contribution in [2.45, 2.75) is 23.5 Å². The molecular weight excluding hydrogens is 309 g/mol. The smallest absolute Gasteiger partial charge is 0.433 e. The van der Waals surface area contributed by atoms with Gasteiger partial charge in [0.2, 0.25) is 0 Å². The fourth-order valence-electron chi connectivity index (χ4n) is 1.38. The molecule has 21 heavy (non-hydrogen) atoms. The number of carboxylic acid groups (broad SMARTS) is 1. The molecule has 1 N–H and O–H groups in total. The van der Waals surface area contributed by atoms with E-state index in [1.807, 2.05) is 0 Å². The normalized spacial score (nSPS) is 13.1. The highest BCUT2D eigenvalue weighted by atomic mass is 32.2. The van der Waals surface area contributed by atoms with E-state index in [4.69, 9.17) is 9.52 Å². The van der Waals surface area contributed by atoms with Crippen LogP contribution in [0.4, 0.5) is 13.2 Å². The van der Waals surface area contributed by atoms with Crippen molar-refractivity contribution < 1.29 is 27.5 Å². The van der Waals surface area contributed by atoms with Gasteiger partial charge in [-0.05, 0) is 25.1 Å². The minimum absolute atomic E-state index is 0.0533. The molecule has 5 nitrogen and oxygen atoms in total. The third-order valence-electron chi connectivity index (χ3n) is 2.40. The number of halogens is 3. The highest BCUT2D eigenvalue weighted by molar-refractivity contribution is 8.00. The van der Waals surface area contributed by atoms with Gasteiger partial charge in [-0.3, -0.25) is 4.79 Å². The molecule has 0 aromatic carbocycles. The van der Waals surface area contributed by atoms with E-state index in [0.29, 0.717) is 11.8 Å². The summed E-state index contributed by atoms with van der Waals surface area (Å²) >= 11 is 0.630. The van der Waals surface area contributed by atoms with Gasteiger partial charge < -0.3 is 9.52 Å². The molecule has 0 radical (unpaired) electrons. The van der Waals surface area contributed by atoms with E-state index < -0.39 is 23.1 Å². The lowest BCUT2D eigenvalue weighted by molar-refractivity contribution is -0.141. The van der Waals surface area contributed by atoms with Crippen LogP contribution in [0.5, 0.6) is 0 Å². The Morgan fingerprint density at radius 1 is 1.43 bits per heavy atom. The third-order valence-corrected chi connectivity index (χ3v) is 3.35. The van der Waals surface area contributed by atoms with Crippen molar-refractivity contribution in [2.75, 3.05) is 0 Å². The monoisotopic (exact) mass is 318 g/mol. The topological polar surface area (TPSA) is 76.2 Å². The average Bonchev–Trinajstić information content (AvgIpc) is 2.91. The first-order valence-corrected chi connectivity index (χ1v) is 6.55. The number of thioether (sulfide) groups is 1. The Hall–Kier alpha value is -2.03. The first-order valence-electron chi connectivity index (χ1n) is 5.67. The van der Waals surface area contributed by atoms with E-state index in [1.54, 1.807) is 0 Å². The first kappa shape index (κ1) is 15.4. The number of furan rings is 1. The number of carbonyl (C=O) groups is 1. The molecule has 0 saturated heterocycles. The maximum Gasteiger partial charge on any atom is 0.433 e. The Labute approximate surface area is 121 Å². The number of nitrogens with zero attached hydrogens (tertiary/aromatic N) is 2. The summed E-state index contributed by atoms with van der Waals surface area (Å²) in [6.07, 6.45) is -3.36. The van der Waals surface area contributed by atoms with Crippen molar-refractivity contribution in [1.29, 1.82) is 0 Å². The molecule has 0 aliphatic heterocycles. The molecule has 0 aliphatic carbocycles. The second-order valence-corrected chi connectivity index (χ2v) is 5.30. The standard InChI is InChI=1S/C12H9F3N2O3S/c1-6(10(18)19)21-11-16-7(8-3-2-4-20-8)5-9(17-11)12(13,14)15/h2-6H,1H3,(H,18,19)/t6-/m1/s1. The maximum absolute atomic E-state index is 12.8. The van der Waals surface area contributed by atoms with Gasteiger partial charge >= 0.3 is 12.1 Å². The van der Waals surface area contributed by atoms with E-state index in [2.05, 4.69) is 9.97 Å². The van der Waals surface area contributed by atoms with Crippen molar-refractivity contribution in [3.8, 4) is 11.5 Å². The van der Waals surface area contributed by atoms with Gasteiger partial charge in [0.1, 0.15) is 16.6 Å². The molecule has 0 bridgehead atoms. The van der Waals surface area contributed by atoms with Crippen LogP contribution in [-0.4, -0.2) is 26.3 Å². The molecule has 2 aromatic heterocycles. The summed E-state index contributed by atoms with van der Waals surface area (Å²) in [5.41, 5.74) is -1.20. The zero-order valence-electron chi connectivity index (χ0n) is 10.6. The van der Waals surface area contributed by atoms with E-state index in [9.17, 15) is 18.0 Å². The predicted molar refractivity (Wildman–Crippen MR) is 67.7 cm³/mol. The number of alkyl halides is 3. The minimum Gasteiger partial charge on any atom is -0.480 e. The highest BCUT2D eigenvalue weighted by Gasteiger charge is 2.34. The summed E-state index contributed by atoms with van der Waals surface area (Å²) in [6.45, 7) is 1.34. The molecule has 1 atom stereocenters. The van der Waals surface area contributed by atoms with Crippen molar-refractivity contribution in [3.63, 3.8) is 0 Å². The molecule has 0 saturated carbocycles. The zero-order valence-corrected chi connectivity index (χ0v) is 11.4. The Bertz CT molecular complexity index is 644. The van der Waals surface area contributed by atoms with Gasteiger partial charge in [-0.2, -0.15) is 13.2 Å². The molecule has 2 heterocycles. The van der Waals surface area contributed by atoms with Gasteiger partial charge in [0.05, 0.1) is 6.26 Å². The molecule has 112 valence electrons. The molecule has 2 rings (SSSR count). The fraction of sp³-hybridized carbons (Fsp3) is 0.250. The SMILES string of the molecule is C[C@@H](Sc1nc(-c2ccco2)cc(C(F)(F)F)n1)C(=O)O. The largest absolute Gasteiger partial charge is 0.480 e. The van der Waals surface area contributed by atoms with Crippen molar-refractivity contribution in [3.05, 3.63) is 30.2 Å². The van der Waals surface area contributed by atoms with Gasteiger partial charge in [0.15, 0.2) is 10.9 Å². The first-order chi connectivity index (χ1) is 9.77. The van der Waals surface area contributed by atoms with E-state index in [1.165, 1.54) is 25.3 Å². The van der Waals surface area contributed by atoms with Crippen LogP contribution in [0.15, 0.2) is 34.0 Å². The van der Waals surface area contributed by atoms with E-state index >= 15 is 0 Å². The summed E-state index contributed by atoms with van der Waals surface area (Å²) in [5, 5.41) is 7.56. The van der Waals surface area contributed by atoms with Gasteiger partial charge in [0.25, 0.3) is 0 Å². The predicted octanol–water partition coefficient (Wildman–Crippen LogP) is 3.32. The molecule has 9 heteroatoms. The quantitative estimate of drug-likeness (QED) is 0.688. The van der Waals surface area contributed by atoms with Crippen LogP contribution < -0.4 is 0 Å². The van der Waals surface area contributed by atoms with Gasteiger partial charge in [0, 0.05) is 0 Å².